The maximum Gasteiger partial charge on any atom is 0.389 e. The lowest BCUT2D eigenvalue weighted by Gasteiger charge is -2.07. The highest BCUT2D eigenvalue weighted by Crippen LogP contribution is 2.21. The third kappa shape index (κ3) is 5.67. The van der Waals surface area contributed by atoms with Gasteiger partial charge in [0, 0.05) is 13.0 Å². The molecule has 0 fully saturated rings. The Morgan fingerprint density at radius 2 is 2.06 bits per heavy atom. The van der Waals surface area contributed by atoms with Gasteiger partial charge in [0.15, 0.2) is 0 Å². The number of carboxylic acids is 1. The maximum absolute atomic E-state index is 11.8. The lowest BCUT2D eigenvalue weighted by atomic mass is 10.1. The average molecular weight is 262 g/mol. The summed E-state index contributed by atoms with van der Waals surface area (Å²) >= 11 is 0. The summed E-state index contributed by atoms with van der Waals surface area (Å²) in [5.74, 6) is -1.05. The first kappa shape index (κ1) is 14.5. The van der Waals surface area contributed by atoms with Gasteiger partial charge >= 0.3 is 12.1 Å². The van der Waals surface area contributed by atoms with Crippen molar-refractivity contribution in [1.29, 1.82) is 0 Å². The zero-order valence-corrected chi connectivity index (χ0v) is 9.54. The third-order valence-corrected chi connectivity index (χ3v) is 2.19. The van der Waals surface area contributed by atoms with E-state index in [4.69, 9.17) is 9.84 Å². The number of hydrogen-bond acceptors (Lipinski definition) is 2. The van der Waals surface area contributed by atoms with Gasteiger partial charge in [0.05, 0.1) is 12.2 Å². The van der Waals surface area contributed by atoms with E-state index in [1.807, 2.05) is 0 Å². The van der Waals surface area contributed by atoms with Crippen LogP contribution in [0, 0.1) is 0 Å². The molecule has 3 nitrogen and oxygen atoms in total. The van der Waals surface area contributed by atoms with Gasteiger partial charge in [-0.2, -0.15) is 13.2 Å². The number of halogens is 3. The number of hydrogen-bond donors (Lipinski definition) is 1. The number of ether oxygens (including phenoxy) is 1. The average Bonchev–Trinajstić information content (AvgIpc) is 2.27. The normalized spacial score (nSPS) is 11.5. The van der Waals surface area contributed by atoms with E-state index in [9.17, 15) is 18.0 Å². The number of aromatic carboxylic acids is 1. The van der Waals surface area contributed by atoms with E-state index >= 15 is 0 Å². The van der Waals surface area contributed by atoms with Gasteiger partial charge in [0.2, 0.25) is 0 Å². The van der Waals surface area contributed by atoms with E-state index in [-0.39, 0.29) is 25.2 Å². The predicted octanol–water partition coefficient (Wildman–Crippen LogP) is 3.24. The number of rotatable bonds is 6. The van der Waals surface area contributed by atoms with Crippen LogP contribution in [0.15, 0.2) is 24.3 Å². The predicted molar refractivity (Wildman–Crippen MR) is 58.3 cm³/mol. The smallest absolute Gasteiger partial charge is 0.389 e. The summed E-state index contributed by atoms with van der Waals surface area (Å²) in [4.78, 5) is 10.7. The molecule has 0 bridgehead atoms. The molecule has 18 heavy (non-hydrogen) atoms. The van der Waals surface area contributed by atoms with Crippen LogP contribution in [-0.4, -0.2) is 23.9 Å². The largest absolute Gasteiger partial charge is 0.478 e. The van der Waals surface area contributed by atoms with Crippen LogP contribution in [0.25, 0.3) is 0 Å². The van der Waals surface area contributed by atoms with Crippen LogP contribution in [0.1, 0.15) is 28.8 Å². The number of carboxylic acid groups (broad SMARTS) is 1. The van der Waals surface area contributed by atoms with E-state index in [0.717, 1.165) is 0 Å². The first-order valence-electron chi connectivity index (χ1n) is 5.35. The first-order chi connectivity index (χ1) is 8.38. The number of carbonyl (C=O) groups is 1. The van der Waals surface area contributed by atoms with Crippen LogP contribution in [0.2, 0.25) is 0 Å². The lowest BCUT2D eigenvalue weighted by Crippen LogP contribution is -2.08. The fourth-order valence-corrected chi connectivity index (χ4v) is 1.36. The van der Waals surface area contributed by atoms with Crippen LogP contribution in [0.3, 0.4) is 0 Å². The van der Waals surface area contributed by atoms with Gasteiger partial charge in [0.25, 0.3) is 0 Å². The standard InChI is InChI=1S/C12H13F3O3/c13-12(14,15)5-2-6-18-8-9-3-1-4-10(7-9)11(16)17/h1,3-4,7H,2,5-6,8H2,(H,16,17). The minimum Gasteiger partial charge on any atom is -0.478 e. The van der Waals surface area contributed by atoms with E-state index in [0.29, 0.717) is 5.56 Å². The molecular formula is C12H13F3O3. The molecule has 1 N–H and O–H groups in total. The first-order valence-corrected chi connectivity index (χ1v) is 5.35. The highest BCUT2D eigenvalue weighted by molar-refractivity contribution is 5.87. The molecule has 1 aromatic carbocycles. The topological polar surface area (TPSA) is 46.5 Å². The number of alkyl halides is 3. The Labute approximate surface area is 102 Å². The summed E-state index contributed by atoms with van der Waals surface area (Å²) in [5, 5.41) is 8.74. The molecule has 0 saturated carbocycles. The zero-order chi connectivity index (χ0) is 13.6. The highest BCUT2D eigenvalue weighted by Gasteiger charge is 2.25. The Hall–Kier alpha value is -1.56. The molecule has 0 unspecified atom stereocenters. The van der Waals surface area contributed by atoms with Crippen molar-refractivity contribution in [3.05, 3.63) is 35.4 Å². The SMILES string of the molecule is O=C(O)c1cccc(COCCCC(F)(F)F)c1. The molecule has 100 valence electrons. The molecule has 0 heterocycles. The quantitative estimate of drug-likeness (QED) is 0.800. The van der Waals surface area contributed by atoms with Gasteiger partial charge in [-0.25, -0.2) is 4.79 Å². The molecule has 0 spiro atoms. The van der Waals surface area contributed by atoms with E-state index < -0.39 is 18.6 Å². The monoisotopic (exact) mass is 262 g/mol. The van der Waals surface area contributed by atoms with Crippen molar-refractivity contribution in [2.75, 3.05) is 6.61 Å². The second-order valence-electron chi connectivity index (χ2n) is 3.78. The molecule has 0 saturated heterocycles. The van der Waals surface area contributed by atoms with Gasteiger partial charge in [-0.1, -0.05) is 12.1 Å². The molecule has 0 aromatic heterocycles. The van der Waals surface area contributed by atoms with Crippen LogP contribution >= 0.6 is 0 Å². The Kier molecular flexibility index (Phi) is 5.15. The molecule has 0 atom stereocenters. The van der Waals surface area contributed by atoms with Crippen LogP contribution in [0.5, 0.6) is 0 Å². The Bertz CT molecular complexity index is 402. The van der Waals surface area contributed by atoms with Crippen molar-refractivity contribution in [3.63, 3.8) is 0 Å². The molecule has 0 amide bonds. The van der Waals surface area contributed by atoms with Gasteiger partial charge in [0.1, 0.15) is 0 Å². The zero-order valence-electron chi connectivity index (χ0n) is 9.54. The van der Waals surface area contributed by atoms with E-state index in [2.05, 4.69) is 0 Å². The molecule has 1 aromatic rings. The molecule has 6 heteroatoms. The molecule has 0 aliphatic heterocycles. The summed E-state index contributed by atoms with van der Waals surface area (Å²) in [7, 11) is 0. The van der Waals surface area contributed by atoms with Gasteiger partial charge in [-0.05, 0) is 24.1 Å². The third-order valence-electron chi connectivity index (χ3n) is 2.19. The van der Waals surface area contributed by atoms with E-state index in [1.165, 1.54) is 12.1 Å². The van der Waals surface area contributed by atoms with E-state index in [1.54, 1.807) is 12.1 Å². The summed E-state index contributed by atoms with van der Waals surface area (Å²) in [6.07, 6.45) is -5.13. The summed E-state index contributed by atoms with van der Waals surface area (Å²) in [5.41, 5.74) is 0.758. The fraction of sp³-hybridized carbons (Fsp3) is 0.417. The number of benzene rings is 1. The minimum absolute atomic E-state index is 0.00317. The van der Waals surface area contributed by atoms with Gasteiger partial charge < -0.3 is 9.84 Å². The van der Waals surface area contributed by atoms with Crippen molar-refractivity contribution >= 4 is 5.97 Å². The van der Waals surface area contributed by atoms with Crippen LogP contribution < -0.4 is 0 Å². The van der Waals surface area contributed by atoms with Crippen molar-refractivity contribution in [1.82, 2.24) is 0 Å². The van der Waals surface area contributed by atoms with Crippen molar-refractivity contribution < 1.29 is 27.8 Å². The van der Waals surface area contributed by atoms with Crippen molar-refractivity contribution in [3.8, 4) is 0 Å². The Morgan fingerprint density at radius 1 is 1.33 bits per heavy atom. The van der Waals surface area contributed by atoms with Crippen molar-refractivity contribution in [2.45, 2.75) is 25.6 Å². The van der Waals surface area contributed by atoms with Crippen LogP contribution in [0.4, 0.5) is 13.2 Å². The molecule has 1 rings (SSSR count). The second kappa shape index (κ2) is 6.39. The van der Waals surface area contributed by atoms with Crippen LogP contribution in [-0.2, 0) is 11.3 Å². The van der Waals surface area contributed by atoms with Crippen molar-refractivity contribution in [2.24, 2.45) is 0 Å². The molecule has 0 radical (unpaired) electrons. The lowest BCUT2D eigenvalue weighted by molar-refractivity contribution is -0.138. The Morgan fingerprint density at radius 3 is 2.67 bits per heavy atom. The summed E-state index contributed by atoms with van der Waals surface area (Å²) in [6, 6.07) is 6.11. The second-order valence-corrected chi connectivity index (χ2v) is 3.78. The summed E-state index contributed by atoms with van der Waals surface area (Å²) < 4.78 is 40.5. The maximum atomic E-state index is 11.8. The fourth-order valence-electron chi connectivity index (χ4n) is 1.36. The molecule has 0 aliphatic rings. The molecule has 0 aliphatic carbocycles. The highest BCUT2D eigenvalue weighted by atomic mass is 19.4. The van der Waals surface area contributed by atoms with Gasteiger partial charge in [-0.3, -0.25) is 0 Å². The summed E-state index contributed by atoms with van der Waals surface area (Å²) in [6.45, 7) is 0.107. The van der Waals surface area contributed by atoms with Gasteiger partial charge in [-0.15, -0.1) is 0 Å². The molecular weight excluding hydrogens is 249 g/mol. The minimum atomic E-state index is -4.16. The Balaban J connectivity index is 2.31.